The van der Waals surface area contributed by atoms with Gasteiger partial charge in [-0.3, -0.25) is 14.4 Å². The van der Waals surface area contributed by atoms with Crippen LogP contribution in [0.25, 0.3) is 6.08 Å². The number of fused-ring (bicyclic) bond motifs is 1. The number of aryl methyl sites for hydroxylation is 1. The van der Waals surface area contributed by atoms with Crippen LogP contribution < -0.4 is 16.0 Å². The molecule has 0 spiro atoms. The minimum absolute atomic E-state index is 0.0337. The molecule has 0 saturated heterocycles. The molecule has 11 heteroatoms. The molecule has 4 aromatic rings. The van der Waals surface area contributed by atoms with Gasteiger partial charge in [-0.1, -0.05) is 67.8 Å². The zero-order chi connectivity index (χ0) is 34.8. The summed E-state index contributed by atoms with van der Waals surface area (Å²) in [5.74, 6) is -1.60. The SMILES string of the molecule is CCC(Sc1cccc(NC(=O)/C(=C/c2cccc(Cl)c2)NC(=O)c2ccccc2)c1)C(=O)Nc1sc2c(c1C(=O)OC)CCCCCC2. The molecule has 5 rings (SSSR count). The first-order valence-corrected chi connectivity index (χ1v) is 18.3. The van der Waals surface area contributed by atoms with Crippen molar-refractivity contribution in [2.75, 3.05) is 17.7 Å². The lowest BCUT2D eigenvalue weighted by Crippen LogP contribution is -2.30. The van der Waals surface area contributed by atoms with Crippen molar-refractivity contribution in [1.82, 2.24) is 5.32 Å². The van der Waals surface area contributed by atoms with Crippen LogP contribution in [0.2, 0.25) is 5.02 Å². The lowest BCUT2D eigenvalue weighted by atomic mass is 9.96. The highest BCUT2D eigenvalue weighted by Gasteiger charge is 2.28. The van der Waals surface area contributed by atoms with Crippen molar-refractivity contribution in [2.45, 2.75) is 62.0 Å². The van der Waals surface area contributed by atoms with Gasteiger partial charge in [0.05, 0.1) is 17.9 Å². The summed E-state index contributed by atoms with van der Waals surface area (Å²) in [6.45, 7) is 1.93. The van der Waals surface area contributed by atoms with Crippen LogP contribution in [0.4, 0.5) is 10.7 Å². The van der Waals surface area contributed by atoms with Crippen molar-refractivity contribution in [3.05, 3.63) is 117 Å². The van der Waals surface area contributed by atoms with Gasteiger partial charge in [0.15, 0.2) is 0 Å². The molecule has 1 aromatic heterocycles. The number of methoxy groups -OCH3 is 1. The molecule has 1 atom stereocenters. The van der Waals surface area contributed by atoms with E-state index < -0.39 is 23.0 Å². The van der Waals surface area contributed by atoms with Crippen LogP contribution in [0.15, 0.2) is 89.5 Å². The van der Waals surface area contributed by atoms with Gasteiger partial charge in [-0.25, -0.2) is 4.79 Å². The van der Waals surface area contributed by atoms with Gasteiger partial charge in [-0.05, 0) is 91.8 Å². The van der Waals surface area contributed by atoms with Gasteiger partial charge in [0.25, 0.3) is 11.8 Å². The minimum atomic E-state index is -0.528. The van der Waals surface area contributed by atoms with E-state index in [2.05, 4.69) is 16.0 Å². The van der Waals surface area contributed by atoms with E-state index in [0.29, 0.717) is 38.8 Å². The number of nitrogens with one attached hydrogen (secondary N) is 3. The van der Waals surface area contributed by atoms with Crippen LogP contribution in [0, 0.1) is 0 Å². The summed E-state index contributed by atoms with van der Waals surface area (Å²) >= 11 is 9.01. The molecule has 0 fully saturated rings. The van der Waals surface area contributed by atoms with Gasteiger partial charge >= 0.3 is 5.97 Å². The Hall–Kier alpha value is -4.38. The summed E-state index contributed by atoms with van der Waals surface area (Å²) in [4.78, 5) is 55.0. The van der Waals surface area contributed by atoms with Gasteiger partial charge < -0.3 is 20.7 Å². The van der Waals surface area contributed by atoms with E-state index in [9.17, 15) is 19.2 Å². The monoisotopic (exact) mass is 715 g/mol. The molecule has 1 aliphatic carbocycles. The molecule has 49 heavy (non-hydrogen) atoms. The van der Waals surface area contributed by atoms with Gasteiger partial charge in [-0.2, -0.15) is 0 Å². The highest BCUT2D eigenvalue weighted by molar-refractivity contribution is 8.00. The molecule has 8 nitrogen and oxygen atoms in total. The Labute approximate surface area is 299 Å². The van der Waals surface area contributed by atoms with Crippen LogP contribution in [-0.2, 0) is 27.2 Å². The number of hydrogen-bond donors (Lipinski definition) is 3. The number of carbonyl (C=O) groups excluding carboxylic acids is 4. The topological polar surface area (TPSA) is 114 Å². The average molecular weight is 716 g/mol. The fourth-order valence-corrected chi connectivity index (χ4v) is 8.05. The summed E-state index contributed by atoms with van der Waals surface area (Å²) in [7, 11) is 1.37. The van der Waals surface area contributed by atoms with Crippen molar-refractivity contribution < 1.29 is 23.9 Å². The van der Waals surface area contributed by atoms with E-state index in [0.717, 1.165) is 53.9 Å². The van der Waals surface area contributed by atoms with Gasteiger partial charge in [-0.15, -0.1) is 23.1 Å². The predicted molar refractivity (Wildman–Crippen MR) is 199 cm³/mol. The number of halogens is 1. The third kappa shape index (κ3) is 9.62. The maximum Gasteiger partial charge on any atom is 0.341 e. The summed E-state index contributed by atoms with van der Waals surface area (Å²) in [5.41, 5.74) is 3.04. The summed E-state index contributed by atoms with van der Waals surface area (Å²) < 4.78 is 5.12. The Morgan fingerprint density at radius 2 is 1.67 bits per heavy atom. The molecule has 3 amide bonds. The van der Waals surface area contributed by atoms with Gasteiger partial charge in [0.1, 0.15) is 10.7 Å². The maximum atomic E-state index is 13.6. The molecule has 3 aromatic carbocycles. The Morgan fingerprint density at radius 3 is 2.41 bits per heavy atom. The Balaban J connectivity index is 1.32. The highest BCUT2D eigenvalue weighted by atomic mass is 35.5. The molecule has 1 aliphatic rings. The fraction of sp³-hybridized carbons (Fsp3) is 0.263. The van der Waals surface area contributed by atoms with Crippen molar-refractivity contribution in [1.29, 1.82) is 0 Å². The summed E-state index contributed by atoms with van der Waals surface area (Å²) in [5, 5.41) is 9.23. The van der Waals surface area contributed by atoms with Crippen LogP contribution in [0.1, 0.15) is 75.7 Å². The normalized spacial score (nSPS) is 13.7. The molecular formula is C38H38ClN3O5S2. The first kappa shape index (κ1) is 35.9. The number of thioether (sulfide) groups is 1. The minimum Gasteiger partial charge on any atom is -0.465 e. The van der Waals surface area contributed by atoms with Crippen LogP contribution in [0.5, 0.6) is 0 Å². The second-order valence-electron chi connectivity index (χ2n) is 11.5. The zero-order valence-electron chi connectivity index (χ0n) is 27.3. The van der Waals surface area contributed by atoms with Crippen LogP contribution in [-0.4, -0.2) is 36.1 Å². The number of rotatable bonds is 11. The smallest absolute Gasteiger partial charge is 0.341 e. The molecule has 1 unspecified atom stereocenters. The number of hydrogen-bond acceptors (Lipinski definition) is 7. The van der Waals surface area contributed by atoms with E-state index in [4.69, 9.17) is 16.3 Å². The maximum absolute atomic E-state index is 13.6. The second-order valence-corrected chi connectivity index (χ2v) is 14.4. The van der Waals surface area contributed by atoms with E-state index in [1.54, 1.807) is 78.9 Å². The molecule has 1 heterocycles. The molecule has 3 N–H and O–H groups in total. The van der Waals surface area contributed by atoms with E-state index >= 15 is 0 Å². The average Bonchev–Trinajstić information content (AvgIpc) is 3.42. The first-order chi connectivity index (χ1) is 23.7. The number of ether oxygens (including phenoxy) is 1. The second kappa shape index (κ2) is 17.3. The largest absolute Gasteiger partial charge is 0.465 e. The van der Waals surface area contributed by atoms with Gasteiger partial charge in [0.2, 0.25) is 5.91 Å². The third-order valence-corrected chi connectivity index (χ3v) is 10.8. The summed E-state index contributed by atoms with van der Waals surface area (Å²) in [6.07, 6.45) is 8.10. The van der Waals surface area contributed by atoms with Crippen LogP contribution >= 0.6 is 34.7 Å². The van der Waals surface area contributed by atoms with E-state index in [-0.39, 0.29) is 11.6 Å². The number of thiophene rings is 1. The molecular weight excluding hydrogens is 678 g/mol. The van der Waals surface area contributed by atoms with E-state index in [1.807, 2.05) is 13.0 Å². The summed E-state index contributed by atoms with van der Waals surface area (Å²) in [6, 6.07) is 22.8. The predicted octanol–water partition coefficient (Wildman–Crippen LogP) is 8.77. The molecule has 0 aliphatic heterocycles. The number of esters is 1. The lowest BCUT2D eigenvalue weighted by Gasteiger charge is -2.16. The molecule has 0 bridgehead atoms. The quantitative estimate of drug-likeness (QED) is 0.0813. The molecule has 254 valence electrons. The number of carbonyl (C=O) groups is 4. The molecule has 0 saturated carbocycles. The molecule has 0 radical (unpaired) electrons. The number of anilines is 2. The Kier molecular flexibility index (Phi) is 12.7. The van der Waals surface area contributed by atoms with Gasteiger partial charge in [0, 0.05) is 26.0 Å². The number of amides is 3. The van der Waals surface area contributed by atoms with E-state index in [1.165, 1.54) is 30.2 Å². The standard InChI is InChI=1S/C38H38ClN3O5S2/c1-3-31(36(45)42-37-33(38(46)47-2)29-19-9-4-5-10-20-32(29)49-37)48-28-18-12-17-27(23-28)40-35(44)30(22-24-13-11-16-26(39)21-24)41-34(43)25-14-7-6-8-15-25/h6-8,11-18,21-23,31H,3-5,9-10,19-20H2,1-2H3,(H,40,44)(H,41,43)(H,42,45)/b30-22-. The Bertz CT molecular complexity index is 1860. The van der Waals surface area contributed by atoms with Crippen molar-refractivity contribution >= 4 is 75.2 Å². The third-order valence-electron chi connectivity index (χ3n) is 8.02. The number of benzene rings is 3. The van der Waals surface area contributed by atoms with Crippen molar-refractivity contribution in [3.8, 4) is 0 Å². The van der Waals surface area contributed by atoms with Crippen LogP contribution in [0.3, 0.4) is 0 Å². The highest BCUT2D eigenvalue weighted by Crippen LogP contribution is 2.38. The Morgan fingerprint density at radius 1 is 0.918 bits per heavy atom. The van der Waals surface area contributed by atoms with Crippen molar-refractivity contribution in [3.63, 3.8) is 0 Å². The lowest BCUT2D eigenvalue weighted by molar-refractivity contribution is -0.116. The van der Waals surface area contributed by atoms with Crippen molar-refractivity contribution in [2.24, 2.45) is 0 Å². The first-order valence-electron chi connectivity index (χ1n) is 16.2. The fourth-order valence-electron chi connectivity index (χ4n) is 5.56. The zero-order valence-corrected chi connectivity index (χ0v) is 29.7.